The van der Waals surface area contributed by atoms with E-state index in [1.165, 1.54) is 0 Å². The molecule has 1 rings (SSSR count). The van der Waals surface area contributed by atoms with Crippen molar-refractivity contribution in [3.05, 3.63) is 0 Å². The summed E-state index contributed by atoms with van der Waals surface area (Å²) in [6, 6.07) is 0. The molecule has 0 bridgehead atoms. The third-order valence-electron chi connectivity index (χ3n) is 3.51. The number of alkyl halides is 2. The Bertz CT molecular complexity index is 195. The van der Waals surface area contributed by atoms with Crippen LogP contribution in [0.25, 0.3) is 0 Å². The van der Waals surface area contributed by atoms with Gasteiger partial charge in [0.05, 0.1) is 0 Å². The predicted octanol–water partition coefficient (Wildman–Crippen LogP) is 3.22. The van der Waals surface area contributed by atoms with Gasteiger partial charge in [0.25, 0.3) is 5.92 Å². The van der Waals surface area contributed by atoms with E-state index in [1.54, 1.807) is 20.8 Å². The Morgan fingerprint density at radius 3 is 2.00 bits per heavy atom. The second kappa shape index (κ2) is 3.76. The van der Waals surface area contributed by atoms with E-state index in [1.807, 2.05) is 0 Å². The number of hydrogen-bond acceptors (Lipinski definition) is 1. The number of hydrogen-bond donors (Lipinski definition) is 1. The maximum atomic E-state index is 13.9. The molecule has 1 N–H and O–H groups in total. The number of halogens is 2. The van der Waals surface area contributed by atoms with Crippen LogP contribution in [0.15, 0.2) is 0 Å². The summed E-state index contributed by atoms with van der Waals surface area (Å²) in [5.41, 5.74) is -0.989. The maximum absolute atomic E-state index is 13.9. The molecule has 14 heavy (non-hydrogen) atoms. The molecule has 0 aromatic rings. The summed E-state index contributed by atoms with van der Waals surface area (Å²) in [6.07, 6.45) is 1.27. The van der Waals surface area contributed by atoms with E-state index in [0.29, 0.717) is 12.8 Å². The highest BCUT2D eigenvalue weighted by Gasteiger charge is 2.56. The Hall–Kier alpha value is -0.180. The molecule has 0 aliphatic heterocycles. The van der Waals surface area contributed by atoms with Crippen LogP contribution in [-0.4, -0.2) is 17.1 Å². The van der Waals surface area contributed by atoms with Crippen LogP contribution in [0, 0.1) is 11.3 Å². The first-order valence-electron chi connectivity index (χ1n) is 5.37. The number of aliphatic hydroxyl groups is 1. The van der Waals surface area contributed by atoms with Crippen LogP contribution in [-0.2, 0) is 0 Å². The van der Waals surface area contributed by atoms with Crippen LogP contribution in [0.3, 0.4) is 0 Å². The van der Waals surface area contributed by atoms with Gasteiger partial charge in [-0.05, 0) is 18.8 Å². The van der Waals surface area contributed by atoms with Gasteiger partial charge in [0, 0.05) is 5.41 Å². The Morgan fingerprint density at radius 2 is 1.64 bits per heavy atom. The van der Waals surface area contributed by atoms with Gasteiger partial charge in [0.15, 0.2) is 0 Å². The molecule has 0 saturated heterocycles. The van der Waals surface area contributed by atoms with E-state index in [0.717, 1.165) is 12.8 Å². The molecule has 0 aromatic carbocycles. The van der Waals surface area contributed by atoms with Crippen molar-refractivity contribution in [2.75, 3.05) is 0 Å². The Balaban J connectivity index is 2.82. The first kappa shape index (κ1) is 11.9. The summed E-state index contributed by atoms with van der Waals surface area (Å²) in [5, 5.41) is 9.53. The van der Waals surface area contributed by atoms with Crippen molar-refractivity contribution in [1.29, 1.82) is 0 Å². The summed E-state index contributed by atoms with van der Waals surface area (Å²) in [7, 11) is 0. The fourth-order valence-corrected chi connectivity index (χ4v) is 2.26. The fraction of sp³-hybridized carbons (Fsp3) is 1.00. The Morgan fingerprint density at radius 1 is 1.21 bits per heavy atom. The normalized spacial score (nSPS) is 24.2. The van der Waals surface area contributed by atoms with E-state index in [2.05, 4.69) is 0 Å². The highest BCUT2D eigenvalue weighted by molar-refractivity contribution is 4.97. The van der Waals surface area contributed by atoms with Crippen LogP contribution < -0.4 is 0 Å². The third kappa shape index (κ3) is 1.79. The molecular weight excluding hydrogens is 186 g/mol. The van der Waals surface area contributed by atoms with E-state index in [-0.39, 0.29) is 5.92 Å². The molecule has 0 heterocycles. The average Bonchev–Trinajstić information content (AvgIpc) is 2.52. The van der Waals surface area contributed by atoms with Gasteiger partial charge in [-0.1, -0.05) is 33.6 Å². The van der Waals surface area contributed by atoms with Crippen molar-refractivity contribution in [3.8, 4) is 0 Å². The zero-order valence-electron chi connectivity index (χ0n) is 9.19. The van der Waals surface area contributed by atoms with Gasteiger partial charge >= 0.3 is 0 Å². The van der Waals surface area contributed by atoms with Crippen LogP contribution in [0.5, 0.6) is 0 Å². The standard InChI is InChI=1S/C11H20F2O/c1-8(2)9(14)11(12,13)10(3)6-4-5-7-10/h8-9,14H,4-7H2,1-3H3. The lowest BCUT2D eigenvalue weighted by atomic mass is 9.76. The monoisotopic (exact) mass is 206 g/mol. The lowest BCUT2D eigenvalue weighted by molar-refractivity contribution is -0.197. The molecule has 0 amide bonds. The van der Waals surface area contributed by atoms with E-state index >= 15 is 0 Å². The number of rotatable bonds is 3. The zero-order valence-corrected chi connectivity index (χ0v) is 9.19. The minimum absolute atomic E-state index is 0.387. The summed E-state index contributed by atoms with van der Waals surface area (Å²) < 4.78 is 27.8. The lowest BCUT2D eigenvalue weighted by Gasteiger charge is -2.38. The third-order valence-corrected chi connectivity index (χ3v) is 3.51. The van der Waals surface area contributed by atoms with Crippen molar-refractivity contribution in [2.24, 2.45) is 11.3 Å². The summed E-state index contributed by atoms with van der Waals surface area (Å²) >= 11 is 0. The van der Waals surface area contributed by atoms with Crippen molar-refractivity contribution < 1.29 is 13.9 Å². The molecule has 1 saturated carbocycles. The number of aliphatic hydroxyl groups excluding tert-OH is 1. The van der Waals surface area contributed by atoms with Crippen molar-refractivity contribution in [2.45, 2.75) is 58.5 Å². The van der Waals surface area contributed by atoms with Gasteiger partial charge in [-0.2, -0.15) is 0 Å². The molecule has 0 aromatic heterocycles. The molecule has 1 aliphatic rings. The smallest absolute Gasteiger partial charge is 0.278 e. The fourth-order valence-electron chi connectivity index (χ4n) is 2.26. The van der Waals surface area contributed by atoms with E-state index < -0.39 is 17.4 Å². The van der Waals surface area contributed by atoms with Crippen LogP contribution >= 0.6 is 0 Å². The minimum atomic E-state index is -2.95. The molecular formula is C11H20F2O. The van der Waals surface area contributed by atoms with Gasteiger partial charge in [0.1, 0.15) is 6.10 Å². The topological polar surface area (TPSA) is 20.2 Å². The van der Waals surface area contributed by atoms with Gasteiger partial charge in [0.2, 0.25) is 0 Å². The second-order valence-corrected chi connectivity index (χ2v) is 5.08. The summed E-state index contributed by atoms with van der Waals surface area (Å²) in [6.45, 7) is 4.87. The zero-order chi connectivity index (χ0) is 11.0. The molecule has 1 nitrogen and oxygen atoms in total. The molecule has 1 unspecified atom stereocenters. The summed E-state index contributed by atoms with van der Waals surface area (Å²) in [5.74, 6) is -3.33. The Kier molecular flexibility index (Phi) is 3.20. The van der Waals surface area contributed by atoms with Gasteiger partial charge in [-0.25, -0.2) is 8.78 Å². The SMILES string of the molecule is CC(C)C(O)C(F)(F)C1(C)CCCC1. The predicted molar refractivity (Wildman–Crippen MR) is 52.4 cm³/mol. The molecule has 0 radical (unpaired) electrons. The molecule has 3 heteroatoms. The quantitative estimate of drug-likeness (QED) is 0.751. The Labute approximate surface area is 84.5 Å². The summed E-state index contributed by atoms with van der Waals surface area (Å²) in [4.78, 5) is 0. The second-order valence-electron chi connectivity index (χ2n) is 5.08. The van der Waals surface area contributed by atoms with Gasteiger partial charge in [-0.3, -0.25) is 0 Å². The van der Waals surface area contributed by atoms with E-state index in [4.69, 9.17) is 0 Å². The van der Waals surface area contributed by atoms with Crippen molar-refractivity contribution >= 4 is 0 Å². The van der Waals surface area contributed by atoms with Crippen LogP contribution in [0.4, 0.5) is 8.78 Å². The van der Waals surface area contributed by atoms with Crippen molar-refractivity contribution in [1.82, 2.24) is 0 Å². The molecule has 84 valence electrons. The molecule has 1 atom stereocenters. The molecule has 0 spiro atoms. The largest absolute Gasteiger partial charge is 0.387 e. The van der Waals surface area contributed by atoms with E-state index in [9.17, 15) is 13.9 Å². The first-order chi connectivity index (χ1) is 6.31. The maximum Gasteiger partial charge on any atom is 0.278 e. The molecule has 1 fully saturated rings. The minimum Gasteiger partial charge on any atom is -0.387 e. The first-order valence-corrected chi connectivity index (χ1v) is 5.37. The highest BCUT2D eigenvalue weighted by Crippen LogP contribution is 2.51. The van der Waals surface area contributed by atoms with Crippen LogP contribution in [0.2, 0.25) is 0 Å². The van der Waals surface area contributed by atoms with Crippen LogP contribution in [0.1, 0.15) is 46.5 Å². The van der Waals surface area contributed by atoms with Gasteiger partial charge in [-0.15, -0.1) is 0 Å². The molecule has 1 aliphatic carbocycles. The lowest BCUT2D eigenvalue weighted by Crippen LogP contribution is -2.49. The van der Waals surface area contributed by atoms with Crippen molar-refractivity contribution in [3.63, 3.8) is 0 Å². The average molecular weight is 206 g/mol. The highest BCUT2D eigenvalue weighted by atomic mass is 19.3. The van der Waals surface area contributed by atoms with Gasteiger partial charge < -0.3 is 5.11 Å².